The maximum absolute atomic E-state index is 12.0. The van der Waals surface area contributed by atoms with E-state index in [2.05, 4.69) is 34.1 Å². The lowest BCUT2D eigenvalue weighted by molar-refractivity contribution is -0.0980. The number of likely N-dealkylation sites (tertiary alicyclic amines) is 2. The highest BCUT2D eigenvalue weighted by atomic mass is 35.5. The molecule has 2 N–H and O–H groups in total. The number of nitrogens with zero attached hydrogens (tertiary/aromatic N) is 2. The quantitative estimate of drug-likeness (QED) is 0.323. The van der Waals surface area contributed by atoms with Crippen LogP contribution < -0.4 is 0 Å². The van der Waals surface area contributed by atoms with Gasteiger partial charge in [0.2, 0.25) is 0 Å². The molecule has 4 unspecified atom stereocenters. The van der Waals surface area contributed by atoms with Crippen LogP contribution in [0.3, 0.4) is 0 Å². The number of hydrogen-bond acceptors (Lipinski definition) is 5. The van der Waals surface area contributed by atoms with Gasteiger partial charge in [-0.2, -0.15) is 0 Å². The van der Waals surface area contributed by atoms with E-state index in [-0.39, 0.29) is 35.4 Å². The van der Waals surface area contributed by atoms with E-state index in [0.29, 0.717) is 6.04 Å². The van der Waals surface area contributed by atoms with Crippen LogP contribution in [0.15, 0.2) is 48.5 Å². The summed E-state index contributed by atoms with van der Waals surface area (Å²) in [7, 11) is 0. The topological polar surface area (TPSA) is 64.0 Å². The van der Waals surface area contributed by atoms with Gasteiger partial charge in [0, 0.05) is 40.1 Å². The summed E-state index contributed by atoms with van der Waals surface area (Å²) >= 11 is 12.5. The Morgan fingerprint density at radius 3 is 1.93 bits per heavy atom. The van der Waals surface area contributed by atoms with Crippen LogP contribution in [0.5, 0.6) is 0 Å². The molecule has 0 aromatic heterocycles. The summed E-state index contributed by atoms with van der Waals surface area (Å²) < 4.78 is 0. The lowest BCUT2D eigenvalue weighted by atomic mass is 9.57. The van der Waals surface area contributed by atoms with E-state index in [4.69, 9.17) is 28.0 Å². The van der Waals surface area contributed by atoms with Gasteiger partial charge in [0.1, 0.15) is 6.79 Å². The standard InChI is InChI=1S/C35H48Cl2N2O2.CH2O/c36-30-13-9-28(10-14-30)34(17-5-18-34)32-27(24-40)8-2-4-22-39(32)25-38-21-3-1-7-26(23-38)33(41)35(19-6-20-35)29-11-15-31(37)16-12-29;1-2/h9-16,26-27,32-33,40-41H,1-8,17-25H2;1H2. The van der Waals surface area contributed by atoms with Crippen LogP contribution in [0, 0.1) is 11.8 Å². The van der Waals surface area contributed by atoms with Crippen molar-refractivity contribution in [2.24, 2.45) is 11.8 Å². The first kappa shape index (κ1) is 32.9. The Morgan fingerprint density at radius 2 is 1.37 bits per heavy atom. The molecule has 6 rings (SSSR count). The van der Waals surface area contributed by atoms with E-state index >= 15 is 0 Å². The number of aliphatic hydroxyl groups excluding tert-OH is 2. The highest BCUT2D eigenvalue weighted by Crippen LogP contribution is 2.52. The second-order valence-electron chi connectivity index (χ2n) is 13.6. The first-order valence-corrected chi connectivity index (χ1v) is 17.3. The number of halogens is 2. The van der Waals surface area contributed by atoms with Crippen molar-refractivity contribution in [3.05, 3.63) is 69.7 Å². The first-order chi connectivity index (χ1) is 20.9. The summed E-state index contributed by atoms with van der Waals surface area (Å²) in [5, 5.41) is 24.3. The Hall–Kier alpha value is -1.47. The van der Waals surface area contributed by atoms with Gasteiger partial charge in [-0.3, -0.25) is 9.80 Å². The molecule has 0 radical (unpaired) electrons. The van der Waals surface area contributed by atoms with E-state index in [1.807, 2.05) is 31.1 Å². The molecule has 5 nitrogen and oxygen atoms in total. The molecule has 2 heterocycles. The maximum atomic E-state index is 12.0. The molecular formula is C36H50Cl2N2O3. The zero-order valence-electron chi connectivity index (χ0n) is 25.6. The molecule has 2 aliphatic carbocycles. The van der Waals surface area contributed by atoms with Crippen molar-refractivity contribution in [1.29, 1.82) is 0 Å². The number of carbonyl (C=O) groups is 1. The summed E-state index contributed by atoms with van der Waals surface area (Å²) in [6.45, 7) is 6.28. The molecule has 4 aliphatic rings. The SMILES string of the molecule is C=O.OCC1CCCCN(CN2CCCCC(C(O)C3(c4ccc(Cl)cc4)CCC3)C2)C1C1(c2ccc(Cl)cc2)CCC1. The number of benzene rings is 2. The van der Waals surface area contributed by atoms with Crippen molar-refractivity contribution in [2.75, 3.05) is 32.9 Å². The fourth-order valence-electron chi connectivity index (χ4n) is 9.01. The smallest absolute Gasteiger partial charge is 0.106 e. The predicted octanol–water partition coefficient (Wildman–Crippen LogP) is 7.24. The van der Waals surface area contributed by atoms with E-state index in [9.17, 15) is 10.2 Å². The summed E-state index contributed by atoms with van der Waals surface area (Å²) in [5.41, 5.74) is 2.59. The molecule has 2 saturated carbocycles. The second kappa shape index (κ2) is 14.7. The third kappa shape index (κ3) is 6.73. The molecule has 0 spiro atoms. The van der Waals surface area contributed by atoms with Gasteiger partial charge in [0.25, 0.3) is 0 Å². The van der Waals surface area contributed by atoms with Crippen LogP contribution in [-0.4, -0.2) is 71.9 Å². The molecule has 7 heteroatoms. The molecule has 4 fully saturated rings. The molecule has 0 bridgehead atoms. The van der Waals surface area contributed by atoms with Crippen LogP contribution in [0.1, 0.15) is 88.2 Å². The molecule has 2 aromatic carbocycles. The van der Waals surface area contributed by atoms with Crippen molar-refractivity contribution in [3.8, 4) is 0 Å². The minimum absolute atomic E-state index is 0.0810. The van der Waals surface area contributed by atoms with E-state index < -0.39 is 0 Å². The van der Waals surface area contributed by atoms with Gasteiger partial charge >= 0.3 is 0 Å². The molecular weight excluding hydrogens is 579 g/mol. The highest BCUT2D eigenvalue weighted by Gasteiger charge is 2.52. The number of rotatable bonds is 8. The van der Waals surface area contributed by atoms with Crippen molar-refractivity contribution in [1.82, 2.24) is 9.80 Å². The zero-order valence-corrected chi connectivity index (χ0v) is 27.1. The van der Waals surface area contributed by atoms with Gasteiger partial charge in [0.15, 0.2) is 0 Å². The highest BCUT2D eigenvalue weighted by molar-refractivity contribution is 6.30. The molecule has 2 aliphatic heterocycles. The molecule has 2 saturated heterocycles. The normalized spacial score (nSPS) is 28.2. The Labute approximate surface area is 268 Å². The Bertz CT molecular complexity index is 1150. The number of aliphatic hydroxyl groups is 2. The lowest BCUT2D eigenvalue weighted by Crippen LogP contribution is -2.60. The summed E-state index contributed by atoms with van der Waals surface area (Å²) in [5.74, 6) is 0.548. The van der Waals surface area contributed by atoms with Gasteiger partial charge in [-0.25, -0.2) is 0 Å². The van der Waals surface area contributed by atoms with E-state index in [1.54, 1.807) is 0 Å². The van der Waals surface area contributed by atoms with E-state index in [1.165, 1.54) is 62.5 Å². The van der Waals surface area contributed by atoms with Crippen LogP contribution in [0.4, 0.5) is 0 Å². The summed E-state index contributed by atoms with van der Waals surface area (Å²) in [6.07, 6.45) is 13.5. The van der Waals surface area contributed by atoms with Gasteiger partial charge in [0.05, 0.1) is 12.8 Å². The average Bonchev–Trinajstić information content (AvgIpc) is 3.34. The zero-order chi connectivity index (χ0) is 30.5. The molecule has 4 atom stereocenters. The van der Waals surface area contributed by atoms with Crippen LogP contribution >= 0.6 is 23.2 Å². The minimum atomic E-state index is -0.338. The van der Waals surface area contributed by atoms with Crippen molar-refractivity contribution in [2.45, 2.75) is 100 Å². The largest absolute Gasteiger partial charge is 0.396 e. The maximum Gasteiger partial charge on any atom is 0.106 e. The Kier molecular flexibility index (Phi) is 11.3. The second-order valence-corrected chi connectivity index (χ2v) is 14.5. The average molecular weight is 630 g/mol. The van der Waals surface area contributed by atoms with E-state index in [0.717, 1.165) is 62.0 Å². The molecule has 0 amide bonds. The van der Waals surface area contributed by atoms with Crippen molar-refractivity contribution in [3.63, 3.8) is 0 Å². The fourth-order valence-corrected chi connectivity index (χ4v) is 9.26. The van der Waals surface area contributed by atoms with Crippen LogP contribution in [-0.2, 0) is 15.6 Å². The molecule has 43 heavy (non-hydrogen) atoms. The van der Waals surface area contributed by atoms with Crippen LogP contribution in [0.25, 0.3) is 0 Å². The van der Waals surface area contributed by atoms with Gasteiger partial charge in [-0.05, 0) is 112 Å². The van der Waals surface area contributed by atoms with Gasteiger partial charge in [-0.1, -0.05) is 73.2 Å². The molecule has 2 aromatic rings. The monoisotopic (exact) mass is 628 g/mol. The summed E-state index contributed by atoms with van der Waals surface area (Å²) in [4.78, 5) is 13.4. The third-order valence-electron chi connectivity index (χ3n) is 11.4. The number of hydrogen-bond donors (Lipinski definition) is 2. The minimum Gasteiger partial charge on any atom is -0.396 e. The Morgan fingerprint density at radius 1 is 0.791 bits per heavy atom. The fraction of sp³-hybridized carbons (Fsp3) is 0.639. The lowest BCUT2D eigenvalue weighted by Gasteiger charge is -2.55. The third-order valence-corrected chi connectivity index (χ3v) is 11.9. The van der Waals surface area contributed by atoms with Crippen molar-refractivity contribution < 1.29 is 15.0 Å². The van der Waals surface area contributed by atoms with Gasteiger partial charge in [-0.15, -0.1) is 0 Å². The van der Waals surface area contributed by atoms with Gasteiger partial charge < -0.3 is 15.0 Å². The number of carbonyl (C=O) groups excluding carboxylic acids is 1. The first-order valence-electron chi connectivity index (χ1n) is 16.5. The van der Waals surface area contributed by atoms with Crippen LogP contribution in [0.2, 0.25) is 10.0 Å². The Balaban J connectivity index is 0.00000180. The predicted molar refractivity (Wildman–Crippen MR) is 176 cm³/mol. The molecule has 236 valence electrons. The summed E-state index contributed by atoms with van der Waals surface area (Å²) in [6, 6.07) is 17.2. The van der Waals surface area contributed by atoms with Crippen molar-refractivity contribution >= 4 is 30.0 Å².